The average molecular weight is 474 g/mol. The van der Waals surface area contributed by atoms with Crippen LogP contribution in [-0.4, -0.2) is 38.8 Å². The molecule has 1 amide bonds. The van der Waals surface area contributed by atoms with Gasteiger partial charge in [0.2, 0.25) is 0 Å². The molecule has 0 spiro atoms. The van der Waals surface area contributed by atoms with Gasteiger partial charge in [0.25, 0.3) is 5.91 Å². The van der Waals surface area contributed by atoms with E-state index in [1.165, 1.54) is 36.5 Å². The van der Waals surface area contributed by atoms with E-state index in [4.69, 9.17) is 23.2 Å². The Labute approximate surface area is 192 Å². The standard InChI is InChI=1S/C22H17Cl2N3O5/c1-11-5-15(10-25-26-20(28)18-4-3-16(23)9-19(18)24)12(2)27(11)17-7-13(21(29)30)6-14(8-17)22(31)32/h3-10H,1-2H3,(H,26,28)(H,29,30)(H,31,32)/b25-10-. The minimum Gasteiger partial charge on any atom is -0.478 e. The molecule has 1 heterocycles. The SMILES string of the molecule is Cc1cc(/C=N\NC(=O)c2ccc(Cl)cc2Cl)c(C)n1-c1cc(C(=O)O)cc(C(=O)O)c1. The maximum atomic E-state index is 12.3. The number of carbonyl (C=O) groups is 3. The van der Waals surface area contributed by atoms with Crippen LogP contribution in [0.25, 0.3) is 5.69 Å². The third kappa shape index (κ3) is 4.82. The first-order valence-electron chi connectivity index (χ1n) is 9.18. The van der Waals surface area contributed by atoms with Crippen molar-refractivity contribution >= 4 is 47.3 Å². The normalized spacial score (nSPS) is 11.0. The molecule has 0 fully saturated rings. The molecule has 0 unspecified atom stereocenters. The molecule has 3 N–H and O–H groups in total. The molecular formula is C22H17Cl2N3O5. The summed E-state index contributed by atoms with van der Waals surface area (Å²) in [5.74, 6) is -2.98. The Morgan fingerprint density at radius 3 is 2.16 bits per heavy atom. The minimum atomic E-state index is -1.23. The number of nitrogens with one attached hydrogen (secondary N) is 1. The average Bonchev–Trinajstić information content (AvgIpc) is 3.00. The first-order valence-corrected chi connectivity index (χ1v) is 9.93. The number of benzene rings is 2. The van der Waals surface area contributed by atoms with Crippen LogP contribution in [0.1, 0.15) is 48.0 Å². The van der Waals surface area contributed by atoms with Gasteiger partial charge in [-0.15, -0.1) is 0 Å². The lowest BCUT2D eigenvalue weighted by molar-refractivity contribution is 0.0696. The molecule has 32 heavy (non-hydrogen) atoms. The number of carbonyl (C=O) groups excluding carboxylic acids is 1. The number of aryl methyl sites for hydroxylation is 1. The summed E-state index contributed by atoms with van der Waals surface area (Å²) in [6.07, 6.45) is 1.43. The van der Waals surface area contributed by atoms with E-state index in [9.17, 15) is 24.6 Å². The highest BCUT2D eigenvalue weighted by atomic mass is 35.5. The van der Waals surface area contributed by atoms with Gasteiger partial charge in [-0.2, -0.15) is 5.10 Å². The third-order valence-electron chi connectivity index (χ3n) is 4.69. The van der Waals surface area contributed by atoms with Crippen LogP contribution in [-0.2, 0) is 0 Å². The summed E-state index contributed by atoms with van der Waals surface area (Å²) in [6, 6.07) is 10.1. The molecule has 10 heteroatoms. The van der Waals surface area contributed by atoms with Crippen LogP contribution in [0.2, 0.25) is 10.0 Å². The molecule has 0 atom stereocenters. The van der Waals surface area contributed by atoms with Gasteiger partial charge >= 0.3 is 11.9 Å². The lowest BCUT2D eigenvalue weighted by Crippen LogP contribution is -2.18. The van der Waals surface area contributed by atoms with Crippen LogP contribution < -0.4 is 5.43 Å². The predicted molar refractivity (Wildman–Crippen MR) is 121 cm³/mol. The highest BCUT2D eigenvalue weighted by Crippen LogP contribution is 2.23. The van der Waals surface area contributed by atoms with Gasteiger partial charge in [0, 0.05) is 27.7 Å². The van der Waals surface area contributed by atoms with Crippen LogP contribution in [0.5, 0.6) is 0 Å². The van der Waals surface area contributed by atoms with Crippen molar-refractivity contribution in [1.29, 1.82) is 0 Å². The summed E-state index contributed by atoms with van der Waals surface area (Å²) in [4.78, 5) is 35.1. The van der Waals surface area contributed by atoms with E-state index in [0.717, 1.165) is 11.8 Å². The van der Waals surface area contributed by atoms with E-state index in [2.05, 4.69) is 10.5 Å². The summed E-state index contributed by atoms with van der Waals surface area (Å²) in [7, 11) is 0. The van der Waals surface area contributed by atoms with Crippen molar-refractivity contribution in [3.05, 3.63) is 86.2 Å². The Kier molecular flexibility index (Phi) is 6.67. The number of nitrogens with zero attached hydrogens (tertiary/aromatic N) is 2. The van der Waals surface area contributed by atoms with Crippen molar-refractivity contribution in [2.45, 2.75) is 13.8 Å². The Hall–Kier alpha value is -3.62. The maximum absolute atomic E-state index is 12.3. The quantitative estimate of drug-likeness (QED) is 0.357. The number of carboxylic acids is 2. The van der Waals surface area contributed by atoms with E-state index >= 15 is 0 Å². The van der Waals surface area contributed by atoms with Crippen LogP contribution in [0.4, 0.5) is 0 Å². The molecule has 2 aromatic carbocycles. The molecule has 0 aliphatic heterocycles. The van der Waals surface area contributed by atoms with E-state index in [0.29, 0.717) is 22.0 Å². The van der Waals surface area contributed by atoms with Gasteiger partial charge < -0.3 is 14.8 Å². The highest BCUT2D eigenvalue weighted by Gasteiger charge is 2.16. The lowest BCUT2D eigenvalue weighted by Gasteiger charge is -2.12. The summed E-state index contributed by atoms with van der Waals surface area (Å²) >= 11 is 11.9. The lowest BCUT2D eigenvalue weighted by atomic mass is 10.1. The fourth-order valence-corrected chi connectivity index (χ4v) is 3.69. The van der Waals surface area contributed by atoms with Crippen molar-refractivity contribution in [1.82, 2.24) is 9.99 Å². The zero-order valence-corrected chi connectivity index (χ0v) is 18.4. The van der Waals surface area contributed by atoms with Crippen molar-refractivity contribution < 1.29 is 24.6 Å². The summed E-state index contributed by atoms with van der Waals surface area (Å²) in [5, 5.41) is 23.2. The molecule has 0 bridgehead atoms. The van der Waals surface area contributed by atoms with Crippen molar-refractivity contribution in [3.63, 3.8) is 0 Å². The molecule has 164 valence electrons. The molecule has 3 rings (SSSR count). The summed E-state index contributed by atoms with van der Waals surface area (Å²) in [6.45, 7) is 3.55. The molecule has 3 aromatic rings. The van der Waals surface area contributed by atoms with E-state index in [1.807, 2.05) is 0 Å². The van der Waals surface area contributed by atoms with Crippen molar-refractivity contribution in [2.24, 2.45) is 5.10 Å². The number of hydrogen-bond donors (Lipinski definition) is 3. The Morgan fingerprint density at radius 1 is 0.969 bits per heavy atom. The van der Waals surface area contributed by atoms with Gasteiger partial charge in [0.1, 0.15) is 0 Å². The van der Waals surface area contributed by atoms with E-state index in [-0.39, 0.29) is 21.7 Å². The molecule has 0 saturated heterocycles. The Bertz CT molecular complexity index is 1250. The first kappa shape index (κ1) is 23.1. The zero-order valence-electron chi connectivity index (χ0n) is 16.9. The van der Waals surface area contributed by atoms with Gasteiger partial charge in [-0.05, 0) is 56.3 Å². The highest BCUT2D eigenvalue weighted by molar-refractivity contribution is 6.36. The van der Waals surface area contributed by atoms with Crippen molar-refractivity contribution in [3.8, 4) is 5.69 Å². The first-order chi connectivity index (χ1) is 15.1. The van der Waals surface area contributed by atoms with Crippen LogP contribution in [0, 0.1) is 13.8 Å². The zero-order chi connectivity index (χ0) is 23.6. The molecule has 0 aliphatic carbocycles. The van der Waals surface area contributed by atoms with Gasteiger partial charge in [-0.3, -0.25) is 4.79 Å². The number of aromatic nitrogens is 1. The molecule has 0 saturated carbocycles. The summed E-state index contributed by atoms with van der Waals surface area (Å²) < 4.78 is 1.71. The molecule has 0 radical (unpaired) electrons. The second-order valence-corrected chi connectivity index (χ2v) is 7.71. The van der Waals surface area contributed by atoms with Gasteiger partial charge in [-0.1, -0.05) is 23.2 Å². The summed E-state index contributed by atoms with van der Waals surface area (Å²) in [5.41, 5.74) is 4.73. The van der Waals surface area contributed by atoms with Crippen LogP contribution in [0.15, 0.2) is 47.6 Å². The second-order valence-electron chi connectivity index (χ2n) is 6.86. The predicted octanol–water partition coefficient (Wildman–Crippen LogP) is 4.56. The van der Waals surface area contributed by atoms with Crippen LogP contribution >= 0.6 is 23.2 Å². The number of halogens is 2. The third-order valence-corrected chi connectivity index (χ3v) is 5.23. The van der Waals surface area contributed by atoms with Gasteiger partial charge in [0.05, 0.1) is 27.9 Å². The molecule has 1 aromatic heterocycles. The Morgan fingerprint density at radius 2 is 1.59 bits per heavy atom. The topological polar surface area (TPSA) is 121 Å². The van der Waals surface area contributed by atoms with E-state index < -0.39 is 17.8 Å². The molecule has 8 nitrogen and oxygen atoms in total. The van der Waals surface area contributed by atoms with Crippen molar-refractivity contribution in [2.75, 3.05) is 0 Å². The number of aromatic carboxylic acids is 2. The second kappa shape index (κ2) is 9.25. The molecule has 0 aliphatic rings. The monoisotopic (exact) mass is 473 g/mol. The minimum absolute atomic E-state index is 0.144. The fourth-order valence-electron chi connectivity index (χ4n) is 3.20. The van der Waals surface area contributed by atoms with Gasteiger partial charge in [0.15, 0.2) is 0 Å². The maximum Gasteiger partial charge on any atom is 0.335 e. The smallest absolute Gasteiger partial charge is 0.335 e. The molecular weight excluding hydrogens is 457 g/mol. The van der Waals surface area contributed by atoms with Gasteiger partial charge in [-0.25, -0.2) is 15.0 Å². The van der Waals surface area contributed by atoms with E-state index in [1.54, 1.807) is 24.5 Å². The number of amides is 1. The largest absolute Gasteiger partial charge is 0.478 e. The number of hydrazone groups is 1. The Balaban J connectivity index is 1.90. The number of hydrogen-bond acceptors (Lipinski definition) is 4. The fraction of sp³-hybridized carbons (Fsp3) is 0.0909. The number of carboxylic acid groups (broad SMARTS) is 2. The van der Waals surface area contributed by atoms with Crippen LogP contribution in [0.3, 0.4) is 0 Å². The number of rotatable bonds is 6.